The summed E-state index contributed by atoms with van der Waals surface area (Å²) in [5.41, 5.74) is 17.9. The highest BCUT2D eigenvalue weighted by molar-refractivity contribution is 6.38. The number of imidazole rings is 1. The van der Waals surface area contributed by atoms with Gasteiger partial charge in [-0.1, -0.05) is 44.2 Å². The molecule has 4 atom stereocenters. The molecule has 0 spiro atoms. The lowest BCUT2D eigenvalue weighted by molar-refractivity contribution is -0.139. The molecule has 2 aromatic rings. The van der Waals surface area contributed by atoms with Gasteiger partial charge in [-0.25, -0.2) is 15.8 Å². The minimum absolute atomic E-state index is 0.0583. The second-order valence-corrected chi connectivity index (χ2v) is 11.4. The number of carbonyl (C=O) groups excluding carboxylic acids is 6. The topological polar surface area (TPSA) is 256 Å². The predicted molar refractivity (Wildman–Crippen MR) is 174 cm³/mol. The number of amides is 3. The fourth-order valence-electron chi connectivity index (χ4n) is 4.42. The Morgan fingerprint density at radius 2 is 1.60 bits per heavy atom. The van der Waals surface area contributed by atoms with Gasteiger partial charge in [0.25, 0.3) is 5.91 Å². The molecule has 0 radical (unpaired) electrons. The molecule has 10 N–H and O–H groups in total. The number of aromatic amines is 1. The van der Waals surface area contributed by atoms with Crippen LogP contribution in [0, 0.1) is 5.92 Å². The molecular formula is C31H46N10O6. The van der Waals surface area contributed by atoms with Gasteiger partial charge in [-0.15, -0.1) is 0 Å². The standard InChI is InChI=1S/C31H46N10O6/c1-18(2)25(27(44)20(4)42)39-28(45)23(11-8-13-36-31(32)33)38-29(46)24(15-22-16-34-17-37-22)41-40-19(3)26(43)30(47)35-14-12-21-9-6-5-7-10-21/h5-7,9-10,16-19,23-25,40-41H,8,11-15H2,1-4H3,(H,34,37)(H,35,47)(H,38,46)(H,39,45)(H4,32,33,36)/t19-,23-,24-,25-/m0/s1. The van der Waals surface area contributed by atoms with Gasteiger partial charge in [0.05, 0.1) is 18.4 Å². The number of benzene rings is 1. The maximum Gasteiger partial charge on any atom is 0.289 e. The molecule has 0 bridgehead atoms. The predicted octanol–water partition coefficient (Wildman–Crippen LogP) is -1.43. The summed E-state index contributed by atoms with van der Waals surface area (Å²) in [6.45, 7) is 6.39. The molecule has 16 nitrogen and oxygen atoms in total. The van der Waals surface area contributed by atoms with Gasteiger partial charge in [-0.05, 0) is 37.7 Å². The van der Waals surface area contributed by atoms with Crippen molar-refractivity contribution in [3.63, 3.8) is 0 Å². The first kappa shape index (κ1) is 38.2. The molecule has 1 aromatic carbocycles. The van der Waals surface area contributed by atoms with Crippen molar-refractivity contribution in [1.29, 1.82) is 0 Å². The lowest BCUT2D eigenvalue weighted by Crippen LogP contribution is -2.60. The zero-order chi connectivity index (χ0) is 34.9. The van der Waals surface area contributed by atoms with Gasteiger partial charge < -0.3 is 32.4 Å². The zero-order valence-electron chi connectivity index (χ0n) is 27.2. The number of rotatable bonds is 21. The number of Topliss-reactive ketones (excluding diaryl/α,β-unsaturated/α-hetero) is 3. The number of carbonyl (C=O) groups is 6. The SMILES string of the molecule is CC(=O)C(=O)[C@@H](NC(=O)[C@H](CCCN=C(N)N)NC(=O)[C@H](Cc1cnc[nH]1)NN[C@@H](C)C(=O)C(=O)NCCc1ccccc1)C(C)C. The van der Waals surface area contributed by atoms with E-state index in [2.05, 4.69) is 41.8 Å². The van der Waals surface area contributed by atoms with E-state index in [0.29, 0.717) is 18.5 Å². The van der Waals surface area contributed by atoms with Gasteiger partial charge in [0.15, 0.2) is 11.7 Å². The van der Waals surface area contributed by atoms with Crippen LogP contribution in [0.4, 0.5) is 0 Å². The number of nitrogens with one attached hydrogen (secondary N) is 6. The van der Waals surface area contributed by atoms with E-state index in [0.717, 1.165) is 12.5 Å². The third-order valence-electron chi connectivity index (χ3n) is 7.10. The van der Waals surface area contributed by atoms with E-state index in [1.165, 1.54) is 19.4 Å². The van der Waals surface area contributed by atoms with Crippen molar-refractivity contribution in [2.75, 3.05) is 13.1 Å². The Balaban J connectivity index is 2.13. The average Bonchev–Trinajstić information content (AvgIpc) is 3.55. The normalized spacial score (nSPS) is 13.5. The molecule has 0 fully saturated rings. The Morgan fingerprint density at radius 1 is 0.915 bits per heavy atom. The first-order valence-electron chi connectivity index (χ1n) is 15.3. The van der Waals surface area contributed by atoms with Gasteiger partial charge >= 0.3 is 0 Å². The van der Waals surface area contributed by atoms with Gasteiger partial charge in [-0.2, -0.15) is 0 Å². The van der Waals surface area contributed by atoms with Crippen LogP contribution < -0.4 is 38.3 Å². The highest BCUT2D eigenvalue weighted by Crippen LogP contribution is 2.08. The van der Waals surface area contributed by atoms with Gasteiger partial charge in [0.1, 0.15) is 12.1 Å². The van der Waals surface area contributed by atoms with E-state index in [-0.39, 0.29) is 31.9 Å². The minimum atomic E-state index is -1.14. The third kappa shape index (κ3) is 13.5. The fraction of sp³-hybridized carbons (Fsp3) is 0.484. The second kappa shape index (κ2) is 19.5. The Morgan fingerprint density at radius 3 is 2.19 bits per heavy atom. The van der Waals surface area contributed by atoms with Crippen molar-refractivity contribution in [1.82, 2.24) is 36.8 Å². The minimum Gasteiger partial charge on any atom is -0.370 e. The Labute approximate surface area is 273 Å². The number of aromatic nitrogens is 2. The molecule has 2 rings (SSSR count). The van der Waals surface area contributed by atoms with Crippen LogP contribution in [0.25, 0.3) is 0 Å². The average molecular weight is 655 g/mol. The number of aliphatic imine (C=N–C) groups is 1. The van der Waals surface area contributed by atoms with Crippen LogP contribution in [0.3, 0.4) is 0 Å². The van der Waals surface area contributed by atoms with Crippen LogP contribution in [-0.4, -0.2) is 88.3 Å². The molecule has 3 amide bonds. The van der Waals surface area contributed by atoms with E-state index < -0.39 is 65.2 Å². The Kier molecular flexibility index (Phi) is 15.9. The Hall–Kier alpha value is -4.96. The summed E-state index contributed by atoms with van der Waals surface area (Å²) in [5.74, 6) is -4.86. The van der Waals surface area contributed by atoms with Crippen molar-refractivity contribution in [2.24, 2.45) is 22.4 Å². The highest BCUT2D eigenvalue weighted by Gasteiger charge is 2.32. The maximum atomic E-state index is 13.6. The van der Waals surface area contributed by atoms with Crippen LogP contribution in [-0.2, 0) is 41.6 Å². The number of ketones is 3. The molecule has 47 heavy (non-hydrogen) atoms. The molecule has 0 saturated heterocycles. The summed E-state index contributed by atoms with van der Waals surface area (Å²) < 4.78 is 0. The Bertz CT molecular complexity index is 1380. The number of nitrogens with two attached hydrogens (primary N) is 2. The van der Waals surface area contributed by atoms with Crippen LogP contribution in [0.2, 0.25) is 0 Å². The van der Waals surface area contributed by atoms with Gasteiger partial charge in [0.2, 0.25) is 23.4 Å². The van der Waals surface area contributed by atoms with Crippen molar-refractivity contribution < 1.29 is 28.8 Å². The molecule has 0 unspecified atom stereocenters. The summed E-state index contributed by atoms with van der Waals surface area (Å²) in [6.07, 6.45) is 3.94. The van der Waals surface area contributed by atoms with Crippen molar-refractivity contribution in [3.8, 4) is 0 Å². The lowest BCUT2D eigenvalue weighted by Gasteiger charge is -2.26. The van der Waals surface area contributed by atoms with Gasteiger partial charge in [0, 0.05) is 38.3 Å². The van der Waals surface area contributed by atoms with Crippen molar-refractivity contribution in [3.05, 3.63) is 54.1 Å². The van der Waals surface area contributed by atoms with E-state index in [1.54, 1.807) is 13.8 Å². The summed E-state index contributed by atoms with van der Waals surface area (Å²) in [7, 11) is 0. The summed E-state index contributed by atoms with van der Waals surface area (Å²) in [5, 5.41) is 7.88. The molecule has 0 aliphatic carbocycles. The van der Waals surface area contributed by atoms with E-state index in [9.17, 15) is 28.8 Å². The quantitative estimate of drug-likeness (QED) is 0.0254. The van der Waals surface area contributed by atoms with Crippen molar-refractivity contribution >= 4 is 41.0 Å². The summed E-state index contributed by atoms with van der Waals surface area (Å²) >= 11 is 0. The zero-order valence-corrected chi connectivity index (χ0v) is 27.2. The summed E-state index contributed by atoms with van der Waals surface area (Å²) in [6, 6.07) is 5.17. The first-order valence-corrected chi connectivity index (χ1v) is 15.3. The van der Waals surface area contributed by atoms with Crippen LogP contribution in [0.1, 0.15) is 51.8 Å². The number of hydrazine groups is 1. The van der Waals surface area contributed by atoms with Crippen LogP contribution in [0.5, 0.6) is 0 Å². The largest absolute Gasteiger partial charge is 0.370 e. The third-order valence-corrected chi connectivity index (χ3v) is 7.10. The van der Waals surface area contributed by atoms with Crippen LogP contribution >= 0.6 is 0 Å². The molecule has 1 heterocycles. The molecular weight excluding hydrogens is 608 g/mol. The number of H-pyrrole nitrogens is 1. The maximum absolute atomic E-state index is 13.6. The first-order chi connectivity index (χ1) is 22.3. The van der Waals surface area contributed by atoms with E-state index in [1.807, 2.05) is 30.3 Å². The fourth-order valence-corrected chi connectivity index (χ4v) is 4.42. The van der Waals surface area contributed by atoms with E-state index >= 15 is 0 Å². The van der Waals surface area contributed by atoms with Crippen LogP contribution in [0.15, 0.2) is 47.8 Å². The summed E-state index contributed by atoms with van der Waals surface area (Å²) in [4.78, 5) is 87.2. The van der Waals surface area contributed by atoms with Crippen molar-refractivity contribution in [2.45, 2.75) is 77.5 Å². The number of hydrogen-bond acceptors (Lipinski definition) is 10. The highest BCUT2D eigenvalue weighted by atomic mass is 16.2. The molecule has 256 valence electrons. The molecule has 0 aliphatic heterocycles. The van der Waals surface area contributed by atoms with E-state index in [4.69, 9.17) is 11.5 Å². The molecule has 0 saturated carbocycles. The van der Waals surface area contributed by atoms with Gasteiger partial charge in [-0.3, -0.25) is 33.8 Å². The number of guanidine groups is 1. The number of nitrogens with zero attached hydrogens (tertiary/aromatic N) is 2. The number of hydrogen-bond donors (Lipinski definition) is 8. The smallest absolute Gasteiger partial charge is 0.289 e. The molecule has 1 aromatic heterocycles. The second-order valence-electron chi connectivity index (χ2n) is 11.4. The molecule has 16 heteroatoms. The molecule has 0 aliphatic rings. The monoisotopic (exact) mass is 654 g/mol. The lowest BCUT2D eigenvalue weighted by atomic mass is 9.97.